The highest BCUT2D eigenvalue weighted by atomic mass is 16.5. The summed E-state index contributed by atoms with van der Waals surface area (Å²) in [6.07, 6.45) is 6.09. The first-order chi connectivity index (χ1) is 6.88. The molecule has 3 nitrogen and oxygen atoms in total. The fourth-order valence-corrected chi connectivity index (χ4v) is 2.39. The highest BCUT2D eigenvalue weighted by molar-refractivity contribution is 4.93. The van der Waals surface area contributed by atoms with Crippen molar-refractivity contribution in [3.8, 4) is 6.07 Å². The summed E-state index contributed by atoms with van der Waals surface area (Å²) < 4.78 is 5.54. The zero-order valence-electron chi connectivity index (χ0n) is 8.54. The van der Waals surface area contributed by atoms with Gasteiger partial charge < -0.3 is 10.1 Å². The molecule has 3 atom stereocenters. The van der Waals surface area contributed by atoms with E-state index in [1.165, 1.54) is 12.8 Å². The summed E-state index contributed by atoms with van der Waals surface area (Å²) >= 11 is 0. The van der Waals surface area contributed by atoms with Crippen LogP contribution < -0.4 is 5.32 Å². The quantitative estimate of drug-likeness (QED) is 0.739. The maximum atomic E-state index is 8.76. The van der Waals surface area contributed by atoms with Crippen LogP contribution in [0.25, 0.3) is 0 Å². The third-order valence-corrected chi connectivity index (χ3v) is 3.27. The average molecular weight is 194 g/mol. The van der Waals surface area contributed by atoms with Gasteiger partial charge in [-0.05, 0) is 32.1 Å². The molecule has 78 valence electrons. The Hall–Kier alpha value is -0.590. The van der Waals surface area contributed by atoms with E-state index in [9.17, 15) is 0 Å². The zero-order chi connectivity index (χ0) is 9.80. The van der Waals surface area contributed by atoms with Crippen molar-refractivity contribution in [1.29, 1.82) is 5.26 Å². The van der Waals surface area contributed by atoms with Crippen molar-refractivity contribution in [2.45, 2.75) is 44.2 Å². The van der Waals surface area contributed by atoms with E-state index in [2.05, 4.69) is 11.4 Å². The summed E-state index contributed by atoms with van der Waals surface area (Å²) in [4.78, 5) is 0. The molecule has 3 heteroatoms. The molecule has 2 fully saturated rings. The third kappa shape index (κ3) is 2.46. The van der Waals surface area contributed by atoms with E-state index >= 15 is 0 Å². The molecule has 1 saturated carbocycles. The molecule has 0 amide bonds. The van der Waals surface area contributed by atoms with Crippen LogP contribution in [0.1, 0.15) is 32.1 Å². The first kappa shape index (κ1) is 9.95. The molecule has 2 aliphatic rings. The Morgan fingerprint density at radius 2 is 2.29 bits per heavy atom. The molecule has 0 aromatic rings. The van der Waals surface area contributed by atoms with Crippen molar-refractivity contribution in [3.63, 3.8) is 0 Å². The number of hydrogen-bond acceptors (Lipinski definition) is 3. The van der Waals surface area contributed by atoms with Gasteiger partial charge in [-0.1, -0.05) is 0 Å². The van der Waals surface area contributed by atoms with Crippen LogP contribution in [0.4, 0.5) is 0 Å². The number of nitriles is 1. The van der Waals surface area contributed by atoms with E-state index in [-0.39, 0.29) is 5.92 Å². The van der Waals surface area contributed by atoms with Crippen molar-refractivity contribution in [2.75, 3.05) is 13.2 Å². The lowest BCUT2D eigenvalue weighted by Crippen LogP contribution is -2.33. The predicted molar refractivity (Wildman–Crippen MR) is 53.7 cm³/mol. The first-order valence-corrected chi connectivity index (χ1v) is 5.63. The molecule has 0 aromatic carbocycles. The van der Waals surface area contributed by atoms with Crippen LogP contribution in [-0.2, 0) is 4.74 Å². The van der Waals surface area contributed by atoms with E-state index in [0.29, 0.717) is 12.1 Å². The fourth-order valence-electron chi connectivity index (χ4n) is 2.39. The molecular weight excluding hydrogens is 176 g/mol. The second-order valence-electron chi connectivity index (χ2n) is 4.38. The van der Waals surface area contributed by atoms with E-state index in [1.54, 1.807) is 0 Å². The van der Waals surface area contributed by atoms with Gasteiger partial charge in [-0.15, -0.1) is 0 Å². The van der Waals surface area contributed by atoms with Crippen LogP contribution in [-0.4, -0.2) is 25.3 Å². The lowest BCUT2D eigenvalue weighted by atomic mass is 10.1. The molecule has 3 unspecified atom stereocenters. The number of ether oxygens (including phenoxy) is 1. The maximum absolute atomic E-state index is 8.76. The van der Waals surface area contributed by atoms with E-state index in [4.69, 9.17) is 10.00 Å². The lowest BCUT2D eigenvalue weighted by Gasteiger charge is -2.15. The Morgan fingerprint density at radius 3 is 2.93 bits per heavy atom. The van der Waals surface area contributed by atoms with Crippen molar-refractivity contribution in [1.82, 2.24) is 5.32 Å². The van der Waals surface area contributed by atoms with Gasteiger partial charge in [0.1, 0.15) is 0 Å². The second kappa shape index (κ2) is 4.77. The second-order valence-corrected chi connectivity index (χ2v) is 4.38. The van der Waals surface area contributed by atoms with Gasteiger partial charge in [0.05, 0.1) is 12.2 Å². The van der Waals surface area contributed by atoms with Crippen LogP contribution in [0, 0.1) is 17.2 Å². The van der Waals surface area contributed by atoms with Gasteiger partial charge in [0.2, 0.25) is 0 Å². The van der Waals surface area contributed by atoms with Crippen molar-refractivity contribution >= 4 is 0 Å². The Labute approximate surface area is 85.4 Å². The first-order valence-electron chi connectivity index (χ1n) is 5.63. The topological polar surface area (TPSA) is 45.0 Å². The molecule has 1 saturated heterocycles. The van der Waals surface area contributed by atoms with Gasteiger partial charge in [-0.25, -0.2) is 0 Å². The summed E-state index contributed by atoms with van der Waals surface area (Å²) in [6.45, 7) is 1.90. The van der Waals surface area contributed by atoms with Crippen LogP contribution >= 0.6 is 0 Å². The largest absolute Gasteiger partial charge is 0.377 e. The predicted octanol–water partition coefficient (Wildman–Crippen LogP) is 1.45. The van der Waals surface area contributed by atoms with Crippen LogP contribution in [0.2, 0.25) is 0 Å². The number of nitrogens with one attached hydrogen (secondary N) is 1. The standard InChI is InChI=1S/C11H18N2O/c12-7-9-3-4-10(6-9)13-8-11-2-1-5-14-11/h9-11,13H,1-6,8H2. The summed E-state index contributed by atoms with van der Waals surface area (Å²) in [5.74, 6) is 0.289. The molecule has 1 heterocycles. The smallest absolute Gasteiger partial charge is 0.0700 e. The third-order valence-electron chi connectivity index (χ3n) is 3.27. The van der Waals surface area contributed by atoms with Crippen molar-refractivity contribution in [2.24, 2.45) is 5.92 Å². The molecular formula is C11H18N2O. The van der Waals surface area contributed by atoms with Gasteiger partial charge in [0.25, 0.3) is 0 Å². The Bertz CT molecular complexity index is 218. The lowest BCUT2D eigenvalue weighted by molar-refractivity contribution is 0.107. The van der Waals surface area contributed by atoms with E-state index in [1.807, 2.05) is 0 Å². The van der Waals surface area contributed by atoms with E-state index < -0.39 is 0 Å². The van der Waals surface area contributed by atoms with E-state index in [0.717, 1.165) is 32.4 Å². The van der Waals surface area contributed by atoms with Gasteiger partial charge in [0, 0.05) is 25.1 Å². The number of rotatable bonds is 3. The Morgan fingerprint density at radius 1 is 1.36 bits per heavy atom. The van der Waals surface area contributed by atoms with Crippen molar-refractivity contribution < 1.29 is 4.74 Å². The normalized spacial score (nSPS) is 37.2. The van der Waals surface area contributed by atoms with Gasteiger partial charge >= 0.3 is 0 Å². The van der Waals surface area contributed by atoms with Gasteiger partial charge in [-0.3, -0.25) is 0 Å². The van der Waals surface area contributed by atoms with Crippen molar-refractivity contribution in [3.05, 3.63) is 0 Å². The maximum Gasteiger partial charge on any atom is 0.0700 e. The zero-order valence-corrected chi connectivity index (χ0v) is 8.54. The molecule has 1 aliphatic carbocycles. The molecule has 1 aliphatic heterocycles. The monoisotopic (exact) mass is 194 g/mol. The van der Waals surface area contributed by atoms with Crippen LogP contribution in [0.5, 0.6) is 0 Å². The number of hydrogen-bond donors (Lipinski definition) is 1. The molecule has 0 aromatic heterocycles. The van der Waals surface area contributed by atoms with Gasteiger partial charge in [-0.2, -0.15) is 5.26 Å². The molecule has 0 radical (unpaired) electrons. The summed E-state index contributed by atoms with van der Waals surface area (Å²) in [6, 6.07) is 2.91. The minimum absolute atomic E-state index is 0.289. The average Bonchev–Trinajstić information content (AvgIpc) is 2.86. The Kier molecular flexibility index (Phi) is 3.39. The minimum atomic E-state index is 0.289. The Balaban J connectivity index is 1.64. The summed E-state index contributed by atoms with van der Waals surface area (Å²) in [7, 11) is 0. The summed E-state index contributed by atoms with van der Waals surface area (Å²) in [5.41, 5.74) is 0. The fraction of sp³-hybridized carbons (Fsp3) is 0.909. The SMILES string of the molecule is N#CC1CCC(NCC2CCCO2)C1. The van der Waals surface area contributed by atoms with Crippen LogP contribution in [0.15, 0.2) is 0 Å². The minimum Gasteiger partial charge on any atom is -0.377 e. The molecule has 14 heavy (non-hydrogen) atoms. The molecule has 0 bridgehead atoms. The number of nitrogens with zero attached hydrogens (tertiary/aromatic N) is 1. The summed E-state index contributed by atoms with van der Waals surface area (Å²) in [5, 5.41) is 12.3. The highest BCUT2D eigenvalue weighted by Gasteiger charge is 2.25. The highest BCUT2D eigenvalue weighted by Crippen LogP contribution is 2.24. The molecule has 0 spiro atoms. The molecule has 1 N–H and O–H groups in total. The van der Waals surface area contributed by atoms with Crippen LogP contribution in [0.3, 0.4) is 0 Å². The molecule has 2 rings (SSSR count). The van der Waals surface area contributed by atoms with Gasteiger partial charge in [0.15, 0.2) is 0 Å².